The molecule has 70 valence electrons. The second kappa shape index (κ2) is 3.63. The fourth-order valence-corrected chi connectivity index (χ4v) is 3.26. The Morgan fingerprint density at radius 1 is 1.58 bits per heavy atom. The van der Waals surface area contributed by atoms with Crippen molar-refractivity contribution in [1.82, 2.24) is 4.31 Å². The van der Waals surface area contributed by atoms with Crippen LogP contribution < -0.4 is 0 Å². The van der Waals surface area contributed by atoms with Crippen molar-refractivity contribution >= 4 is 27.1 Å². The topological polar surface area (TPSA) is 63.7 Å². The minimum Gasteiger partial charge on any atom is -0.456 e. The molecule has 1 heterocycles. The van der Waals surface area contributed by atoms with E-state index in [1.807, 2.05) is 0 Å². The summed E-state index contributed by atoms with van der Waals surface area (Å²) in [6.07, 6.45) is 0. The maximum Gasteiger partial charge on any atom is 0.439 e. The van der Waals surface area contributed by atoms with E-state index >= 15 is 0 Å². The molecule has 0 bridgehead atoms. The van der Waals surface area contributed by atoms with Gasteiger partial charge in [-0.25, -0.2) is 4.79 Å². The van der Waals surface area contributed by atoms with Gasteiger partial charge in [0.2, 0.25) is 0 Å². The number of thioether (sulfide) groups is 1. The Hall–Kier alpha value is -0.270. The van der Waals surface area contributed by atoms with Crippen molar-refractivity contribution < 1.29 is 17.9 Å². The van der Waals surface area contributed by atoms with E-state index in [0.29, 0.717) is 12.4 Å². The standard InChI is InChI=1S/C5H9NO4S2/c1-10-5(7)12(8,9)6-2-3-11-4-6/h2-4H2,1H3. The minimum absolute atomic E-state index is 0.345. The Kier molecular flexibility index (Phi) is 2.97. The van der Waals surface area contributed by atoms with Crippen LogP contribution in [0.2, 0.25) is 0 Å². The SMILES string of the molecule is COC(=O)S(=O)(=O)N1CCSC1. The summed E-state index contributed by atoms with van der Waals surface area (Å²) in [6, 6.07) is 0. The van der Waals surface area contributed by atoms with Gasteiger partial charge in [0.1, 0.15) is 0 Å². The predicted octanol–water partition coefficient (Wildman–Crippen LogP) is 0.0889. The van der Waals surface area contributed by atoms with Gasteiger partial charge in [-0.1, -0.05) is 0 Å². The maximum atomic E-state index is 11.2. The van der Waals surface area contributed by atoms with E-state index in [1.54, 1.807) is 0 Å². The highest BCUT2D eigenvalue weighted by atomic mass is 32.2. The Morgan fingerprint density at radius 2 is 2.25 bits per heavy atom. The molecule has 1 aliphatic heterocycles. The van der Waals surface area contributed by atoms with Gasteiger partial charge in [-0.05, 0) is 0 Å². The first kappa shape index (κ1) is 9.82. The largest absolute Gasteiger partial charge is 0.456 e. The molecule has 0 spiro atoms. The third-order valence-electron chi connectivity index (χ3n) is 1.44. The van der Waals surface area contributed by atoms with E-state index in [0.717, 1.165) is 17.2 Å². The molecule has 0 atom stereocenters. The lowest BCUT2D eigenvalue weighted by Crippen LogP contribution is -2.33. The summed E-state index contributed by atoms with van der Waals surface area (Å²) in [5.41, 5.74) is 0. The summed E-state index contributed by atoms with van der Waals surface area (Å²) < 4.78 is 27.7. The zero-order valence-corrected chi connectivity index (χ0v) is 8.15. The number of hydrogen-bond donors (Lipinski definition) is 0. The summed E-state index contributed by atoms with van der Waals surface area (Å²) in [5, 5.41) is -1.18. The van der Waals surface area contributed by atoms with Gasteiger partial charge in [-0.15, -0.1) is 11.8 Å². The van der Waals surface area contributed by atoms with Crippen molar-refractivity contribution in [2.45, 2.75) is 0 Å². The molecule has 0 amide bonds. The zero-order chi connectivity index (χ0) is 9.19. The van der Waals surface area contributed by atoms with Crippen LogP contribution >= 0.6 is 11.8 Å². The molecule has 0 saturated carbocycles. The van der Waals surface area contributed by atoms with Crippen molar-refractivity contribution in [3.8, 4) is 0 Å². The molecule has 5 nitrogen and oxygen atoms in total. The van der Waals surface area contributed by atoms with Crippen LogP contribution in [0.25, 0.3) is 0 Å². The number of carbonyl (C=O) groups is 1. The molecule has 0 aromatic heterocycles. The maximum absolute atomic E-state index is 11.2. The molecule has 12 heavy (non-hydrogen) atoms. The fourth-order valence-electron chi connectivity index (χ4n) is 0.798. The van der Waals surface area contributed by atoms with Crippen molar-refractivity contribution in [2.24, 2.45) is 0 Å². The van der Waals surface area contributed by atoms with Crippen LogP contribution in [0.3, 0.4) is 0 Å². The average molecular weight is 211 g/mol. The predicted molar refractivity (Wildman–Crippen MR) is 45.4 cm³/mol. The van der Waals surface area contributed by atoms with E-state index < -0.39 is 15.3 Å². The van der Waals surface area contributed by atoms with Gasteiger partial charge in [-0.3, -0.25) is 0 Å². The number of nitrogens with zero attached hydrogens (tertiary/aromatic N) is 1. The highest BCUT2D eigenvalue weighted by Crippen LogP contribution is 2.18. The Labute approximate surface area is 75.1 Å². The van der Waals surface area contributed by atoms with Crippen LogP contribution in [-0.2, 0) is 14.8 Å². The summed E-state index contributed by atoms with van der Waals surface area (Å²) in [4.78, 5) is 10.8. The molecule has 0 N–H and O–H groups in total. The van der Waals surface area contributed by atoms with Crippen LogP contribution in [0.5, 0.6) is 0 Å². The first-order chi connectivity index (χ1) is 5.59. The second-order valence-electron chi connectivity index (χ2n) is 2.17. The van der Waals surface area contributed by atoms with Gasteiger partial charge in [-0.2, -0.15) is 12.7 Å². The fraction of sp³-hybridized carbons (Fsp3) is 0.800. The molecule has 0 aromatic carbocycles. The van der Waals surface area contributed by atoms with Crippen LogP contribution in [0.4, 0.5) is 4.79 Å². The smallest absolute Gasteiger partial charge is 0.439 e. The van der Waals surface area contributed by atoms with Crippen LogP contribution in [0.15, 0.2) is 0 Å². The lowest BCUT2D eigenvalue weighted by molar-refractivity contribution is 0.195. The van der Waals surface area contributed by atoms with Crippen LogP contribution in [0.1, 0.15) is 0 Å². The van der Waals surface area contributed by atoms with E-state index in [-0.39, 0.29) is 0 Å². The molecule has 0 radical (unpaired) electrons. The summed E-state index contributed by atoms with van der Waals surface area (Å²) >= 11 is 1.48. The van der Waals surface area contributed by atoms with Gasteiger partial charge in [0.05, 0.1) is 13.0 Å². The molecule has 1 aliphatic rings. The second-order valence-corrected chi connectivity index (χ2v) is 5.05. The summed E-state index contributed by atoms with van der Waals surface area (Å²) in [6.45, 7) is 0.391. The van der Waals surface area contributed by atoms with Crippen LogP contribution in [-0.4, -0.2) is 43.3 Å². The molecular formula is C5H9NO4S2. The van der Waals surface area contributed by atoms with Crippen molar-refractivity contribution in [2.75, 3.05) is 25.3 Å². The number of carbonyl (C=O) groups excluding carboxylic acids is 1. The molecule has 0 aliphatic carbocycles. The van der Waals surface area contributed by atoms with Gasteiger partial charge < -0.3 is 4.74 Å². The number of ether oxygens (including phenoxy) is 1. The van der Waals surface area contributed by atoms with E-state index in [2.05, 4.69) is 4.74 Å². The molecular weight excluding hydrogens is 202 g/mol. The Bertz CT molecular complexity index is 267. The molecule has 0 unspecified atom stereocenters. The van der Waals surface area contributed by atoms with Crippen molar-refractivity contribution in [3.63, 3.8) is 0 Å². The number of hydrogen-bond acceptors (Lipinski definition) is 5. The lowest BCUT2D eigenvalue weighted by Gasteiger charge is -2.11. The van der Waals surface area contributed by atoms with Crippen molar-refractivity contribution in [1.29, 1.82) is 0 Å². The quantitative estimate of drug-likeness (QED) is 0.575. The third kappa shape index (κ3) is 1.73. The van der Waals surface area contributed by atoms with E-state index in [1.165, 1.54) is 11.8 Å². The molecule has 1 fully saturated rings. The van der Waals surface area contributed by atoms with Gasteiger partial charge in [0.15, 0.2) is 0 Å². The third-order valence-corrected chi connectivity index (χ3v) is 4.15. The molecule has 0 aromatic rings. The van der Waals surface area contributed by atoms with Gasteiger partial charge in [0, 0.05) is 12.3 Å². The molecule has 1 rings (SSSR count). The molecule has 1 saturated heterocycles. The summed E-state index contributed by atoms with van der Waals surface area (Å²) in [5.74, 6) is 1.08. The first-order valence-corrected chi connectivity index (χ1v) is 5.84. The monoisotopic (exact) mass is 211 g/mol. The number of methoxy groups -OCH3 is 1. The number of rotatable bonds is 1. The van der Waals surface area contributed by atoms with Gasteiger partial charge >= 0.3 is 15.3 Å². The highest BCUT2D eigenvalue weighted by molar-refractivity contribution is 8.05. The minimum atomic E-state index is -3.84. The van der Waals surface area contributed by atoms with Crippen LogP contribution in [0, 0.1) is 0 Å². The van der Waals surface area contributed by atoms with Gasteiger partial charge in [0.25, 0.3) is 0 Å². The Morgan fingerprint density at radius 3 is 2.67 bits per heavy atom. The normalized spacial score (nSPS) is 19.4. The number of sulfonamides is 1. The highest BCUT2D eigenvalue weighted by Gasteiger charge is 2.33. The van der Waals surface area contributed by atoms with E-state index in [9.17, 15) is 13.2 Å². The van der Waals surface area contributed by atoms with Crippen molar-refractivity contribution in [3.05, 3.63) is 0 Å². The first-order valence-electron chi connectivity index (χ1n) is 3.25. The average Bonchev–Trinajstić information content (AvgIpc) is 2.55. The van der Waals surface area contributed by atoms with E-state index in [4.69, 9.17) is 0 Å². The zero-order valence-electron chi connectivity index (χ0n) is 6.52. The summed E-state index contributed by atoms with van der Waals surface area (Å²) in [7, 11) is -2.78. The lowest BCUT2D eigenvalue weighted by atomic mass is 10.8. The Balaban J connectivity index is 2.77. The molecule has 7 heteroatoms.